The number of rotatable bonds is 6. The Morgan fingerprint density at radius 2 is 1.93 bits per heavy atom. The minimum Gasteiger partial charge on any atom is -0.493 e. The summed E-state index contributed by atoms with van der Waals surface area (Å²) in [4.78, 5) is 12.2. The molecule has 0 fully saturated rings. The van der Waals surface area contributed by atoms with Gasteiger partial charge in [0.1, 0.15) is 0 Å². The van der Waals surface area contributed by atoms with Gasteiger partial charge in [0.15, 0.2) is 23.0 Å². The first-order valence-electron chi connectivity index (χ1n) is 8.95. The predicted octanol–water partition coefficient (Wildman–Crippen LogP) is 2.62. The first-order chi connectivity index (χ1) is 14.2. The number of nitrogens with one attached hydrogen (secondary N) is 1. The van der Waals surface area contributed by atoms with E-state index in [1.807, 2.05) is 36.4 Å². The number of amides is 1. The van der Waals surface area contributed by atoms with E-state index < -0.39 is 0 Å². The Hall–Kier alpha value is -3.94. The summed E-state index contributed by atoms with van der Waals surface area (Å²) in [6.07, 6.45) is 4.75. The van der Waals surface area contributed by atoms with Crippen molar-refractivity contribution in [1.29, 1.82) is 0 Å². The lowest BCUT2D eigenvalue weighted by Crippen LogP contribution is -2.20. The normalized spacial score (nSPS) is 11.2. The van der Waals surface area contributed by atoms with Crippen LogP contribution in [0.4, 0.5) is 0 Å². The summed E-state index contributed by atoms with van der Waals surface area (Å²) in [6, 6.07) is 13.3. The molecule has 0 saturated heterocycles. The van der Waals surface area contributed by atoms with Crippen molar-refractivity contribution in [2.75, 3.05) is 14.2 Å². The predicted molar refractivity (Wildman–Crippen MR) is 109 cm³/mol. The third kappa shape index (κ3) is 3.73. The highest BCUT2D eigenvalue weighted by molar-refractivity contribution is 5.94. The van der Waals surface area contributed by atoms with Crippen LogP contribution in [0, 0.1) is 0 Å². The smallest absolute Gasteiger partial charge is 0.244 e. The minimum atomic E-state index is -0.252. The summed E-state index contributed by atoms with van der Waals surface area (Å²) in [6.45, 7) is 0.354. The maximum atomic E-state index is 12.2. The molecule has 0 atom stereocenters. The Morgan fingerprint density at radius 1 is 1.10 bits per heavy atom. The van der Waals surface area contributed by atoms with Gasteiger partial charge in [-0.15, -0.1) is 10.2 Å². The number of nitrogens with zero attached hydrogens (tertiary/aromatic N) is 4. The summed E-state index contributed by atoms with van der Waals surface area (Å²) in [5, 5.41) is 17.4. The van der Waals surface area contributed by atoms with Crippen molar-refractivity contribution >= 4 is 28.4 Å². The maximum absolute atomic E-state index is 12.2. The molecule has 0 aliphatic heterocycles. The van der Waals surface area contributed by atoms with Gasteiger partial charge in [0.25, 0.3) is 0 Å². The molecule has 1 amide bonds. The molecule has 0 radical (unpaired) electrons. The Labute approximate surface area is 166 Å². The van der Waals surface area contributed by atoms with Crippen LogP contribution < -0.4 is 14.8 Å². The largest absolute Gasteiger partial charge is 0.493 e. The number of methoxy groups -OCH3 is 2. The van der Waals surface area contributed by atoms with Crippen LogP contribution in [-0.4, -0.2) is 39.9 Å². The van der Waals surface area contributed by atoms with Crippen LogP contribution in [0.25, 0.3) is 22.5 Å². The van der Waals surface area contributed by atoms with Gasteiger partial charge in [0, 0.05) is 23.4 Å². The molecule has 146 valence electrons. The minimum absolute atomic E-state index is 0.252. The van der Waals surface area contributed by atoms with E-state index in [4.69, 9.17) is 9.47 Å². The average Bonchev–Trinajstić information content (AvgIpc) is 3.19. The van der Waals surface area contributed by atoms with E-state index in [9.17, 15) is 4.79 Å². The number of fused-ring (bicyclic) bond motifs is 3. The van der Waals surface area contributed by atoms with Gasteiger partial charge in [-0.3, -0.25) is 4.79 Å². The first-order valence-corrected chi connectivity index (χ1v) is 8.95. The van der Waals surface area contributed by atoms with Crippen molar-refractivity contribution in [1.82, 2.24) is 25.1 Å². The second kappa shape index (κ2) is 7.97. The fraction of sp³-hybridized carbons (Fsp3) is 0.143. The second-order valence-electron chi connectivity index (χ2n) is 6.27. The molecule has 2 heterocycles. The zero-order valence-corrected chi connectivity index (χ0v) is 16.0. The number of hydrogen-bond donors (Lipinski definition) is 1. The number of benzene rings is 2. The number of hydrogen-bond acceptors (Lipinski definition) is 6. The molecule has 8 heteroatoms. The molecule has 1 N–H and O–H groups in total. The summed E-state index contributed by atoms with van der Waals surface area (Å²) >= 11 is 0. The number of aromatic nitrogens is 4. The summed E-state index contributed by atoms with van der Waals surface area (Å²) in [7, 11) is 3.15. The zero-order chi connectivity index (χ0) is 20.2. The van der Waals surface area contributed by atoms with Crippen LogP contribution in [-0.2, 0) is 11.3 Å². The lowest BCUT2D eigenvalue weighted by Gasteiger charge is -2.09. The van der Waals surface area contributed by atoms with E-state index in [1.165, 1.54) is 6.08 Å². The van der Waals surface area contributed by atoms with Crippen LogP contribution in [0.3, 0.4) is 0 Å². The Bertz CT molecular complexity index is 1220. The standard InChI is InChI=1S/C21H19N5O3/c1-28-17-8-7-14(11-18(17)29-2)12-22-20(27)10-9-19-24-25-21-16-6-4-3-5-15(16)13-23-26(19)21/h3-11,13H,12H2,1-2H3,(H,22,27)/b10-9+. The van der Waals surface area contributed by atoms with Gasteiger partial charge in [-0.2, -0.15) is 9.61 Å². The van der Waals surface area contributed by atoms with Crippen LogP contribution in [0.5, 0.6) is 11.5 Å². The molecular formula is C21H19N5O3. The summed E-state index contributed by atoms with van der Waals surface area (Å²) < 4.78 is 12.1. The fourth-order valence-corrected chi connectivity index (χ4v) is 3.00. The lowest BCUT2D eigenvalue weighted by atomic mass is 10.2. The van der Waals surface area contributed by atoms with E-state index in [-0.39, 0.29) is 5.91 Å². The summed E-state index contributed by atoms with van der Waals surface area (Å²) in [5.41, 5.74) is 1.54. The van der Waals surface area contributed by atoms with E-state index in [0.717, 1.165) is 16.3 Å². The molecule has 2 aromatic carbocycles. The third-order valence-corrected chi connectivity index (χ3v) is 4.48. The van der Waals surface area contributed by atoms with Gasteiger partial charge in [-0.25, -0.2) is 0 Å². The highest BCUT2D eigenvalue weighted by atomic mass is 16.5. The number of carbonyl (C=O) groups excluding carboxylic acids is 1. The average molecular weight is 389 g/mol. The van der Waals surface area contributed by atoms with E-state index >= 15 is 0 Å². The van der Waals surface area contributed by atoms with Crippen LogP contribution in [0.2, 0.25) is 0 Å². The van der Waals surface area contributed by atoms with Crippen molar-refractivity contribution in [2.24, 2.45) is 0 Å². The van der Waals surface area contributed by atoms with Crippen molar-refractivity contribution in [2.45, 2.75) is 6.54 Å². The highest BCUT2D eigenvalue weighted by Gasteiger charge is 2.08. The van der Waals surface area contributed by atoms with Gasteiger partial charge < -0.3 is 14.8 Å². The molecule has 2 aromatic heterocycles. The molecule has 29 heavy (non-hydrogen) atoms. The van der Waals surface area contributed by atoms with Crippen LogP contribution >= 0.6 is 0 Å². The molecule has 4 aromatic rings. The molecule has 0 aliphatic rings. The zero-order valence-electron chi connectivity index (χ0n) is 16.0. The van der Waals surface area contributed by atoms with Crippen LogP contribution in [0.15, 0.2) is 54.7 Å². The molecule has 0 aliphatic carbocycles. The summed E-state index contributed by atoms with van der Waals surface area (Å²) in [5.74, 6) is 1.48. The van der Waals surface area contributed by atoms with Crippen molar-refractivity contribution in [3.05, 3.63) is 66.1 Å². The molecule has 8 nitrogen and oxygen atoms in total. The van der Waals surface area contributed by atoms with Crippen molar-refractivity contribution in [3.63, 3.8) is 0 Å². The van der Waals surface area contributed by atoms with Crippen molar-refractivity contribution < 1.29 is 14.3 Å². The third-order valence-electron chi connectivity index (χ3n) is 4.48. The van der Waals surface area contributed by atoms with E-state index in [0.29, 0.717) is 29.5 Å². The second-order valence-corrected chi connectivity index (χ2v) is 6.27. The SMILES string of the molecule is COc1ccc(CNC(=O)/C=C/c2nnc3c4ccccc4cnn23)cc1OC. The van der Waals surface area contributed by atoms with Gasteiger partial charge in [-0.05, 0) is 23.8 Å². The van der Waals surface area contributed by atoms with Gasteiger partial charge >= 0.3 is 0 Å². The van der Waals surface area contributed by atoms with Crippen LogP contribution in [0.1, 0.15) is 11.4 Å². The topological polar surface area (TPSA) is 90.6 Å². The fourth-order valence-electron chi connectivity index (χ4n) is 3.00. The highest BCUT2D eigenvalue weighted by Crippen LogP contribution is 2.27. The Balaban J connectivity index is 1.47. The first kappa shape index (κ1) is 18.4. The van der Waals surface area contributed by atoms with Gasteiger partial charge in [-0.1, -0.05) is 30.3 Å². The van der Waals surface area contributed by atoms with Gasteiger partial charge in [0.05, 0.1) is 20.4 Å². The molecule has 0 spiro atoms. The molecule has 0 bridgehead atoms. The number of ether oxygens (including phenoxy) is 2. The molecule has 0 saturated carbocycles. The molecular weight excluding hydrogens is 370 g/mol. The van der Waals surface area contributed by atoms with E-state index in [2.05, 4.69) is 20.6 Å². The molecule has 4 rings (SSSR count). The maximum Gasteiger partial charge on any atom is 0.244 e. The van der Waals surface area contributed by atoms with Crippen molar-refractivity contribution in [3.8, 4) is 11.5 Å². The molecule has 0 unspecified atom stereocenters. The quantitative estimate of drug-likeness (QED) is 0.510. The lowest BCUT2D eigenvalue weighted by molar-refractivity contribution is -0.116. The Morgan fingerprint density at radius 3 is 2.76 bits per heavy atom. The van der Waals surface area contributed by atoms with Gasteiger partial charge in [0.2, 0.25) is 5.91 Å². The monoisotopic (exact) mass is 389 g/mol. The van der Waals surface area contributed by atoms with E-state index in [1.54, 1.807) is 37.1 Å². The number of carbonyl (C=O) groups is 1. The Kier molecular flexibility index (Phi) is 5.07.